The van der Waals surface area contributed by atoms with Crippen LogP contribution in [0.25, 0.3) is 10.8 Å². The van der Waals surface area contributed by atoms with Gasteiger partial charge in [0.25, 0.3) is 11.5 Å². The zero-order valence-corrected chi connectivity index (χ0v) is 12.8. The van der Waals surface area contributed by atoms with E-state index in [1.54, 1.807) is 18.2 Å². The highest BCUT2D eigenvalue weighted by Gasteiger charge is 2.29. The minimum absolute atomic E-state index is 0.0155. The van der Waals surface area contributed by atoms with E-state index in [1.807, 2.05) is 18.2 Å². The van der Waals surface area contributed by atoms with Gasteiger partial charge in [0.1, 0.15) is 11.5 Å². The Labute approximate surface area is 137 Å². The van der Waals surface area contributed by atoms with Gasteiger partial charge >= 0.3 is 0 Å². The Balaban J connectivity index is 1.85. The van der Waals surface area contributed by atoms with Crippen molar-refractivity contribution < 1.29 is 9.18 Å². The van der Waals surface area contributed by atoms with Crippen molar-refractivity contribution in [2.45, 2.75) is 18.9 Å². The number of carbonyl (C=O) groups excluding carboxylic acids is 1. The molecule has 0 saturated heterocycles. The average molecular weight is 322 g/mol. The van der Waals surface area contributed by atoms with Gasteiger partial charge in [-0.2, -0.15) is 0 Å². The number of amides is 1. The molecule has 1 heterocycles. The maximum Gasteiger partial charge on any atom is 0.272 e. The molecule has 0 aliphatic heterocycles. The fraction of sp³-hybridized carbons (Fsp3) is 0.158. The van der Waals surface area contributed by atoms with Gasteiger partial charge in [0.2, 0.25) is 0 Å². The molecule has 1 aromatic heterocycles. The van der Waals surface area contributed by atoms with Gasteiger partial charge in [-0.1, -0.05) is 24.3 Å². The van der Waals surface area contributed by atoms with E-state index in [2.05, 4.69) is 5.32 Å². The molecule has 1 fully saturated rings. The number of nitrogens with one attached hydrogen (secondary N) is 1. The van der Waals surface area contributed by atoms with E-state index in [0.717, 1.165) is 12.8 Å². The van der Waals surface area contributed by atoms with Crippen LogP contribution in [0.5, 0.6) is 0 Å². The normalized spacial score (nSPS) is 13.9. The minimum Gasteiger partial charge on any atom is -0.321 e. The molecule has 120 valence electrons. The number of carbonyl (C=O) groups is 1. The number of para-hydroxylation sites is 1. The maximum absolute atomic E-state index is 13.5. The molecule has 1 saturated carbocycles. The van der Waals surface area contributed by atoms with Crippen molar-refractivity contribution in [3.05, 3.63) is 76.5 Å². The quantitative estimate of drug-likeness (QED) is 0.799. The SMILES string of the molecule is O=C(Nc1ccccc1)c1cc2ccc(F)cc2c(=O)n1C1CC1. The van der Waals surface area contributed by atoms with Crippen LogP contribution in [0.3, 0.4) is 0 Å². The summed E-state index contributed by atoms with van der Waals surface area (Å²) in [5.74, 6) is -0.792. The Morgan fingerprint density at radius 2 is 1.83 bits per heavy atom. The summed E-state index contributed by atoms with van der Waals surface area (Å²) < 4.78 is 15.0. The average Bonchev–Trinajstić information content (AvgIpc) is 3.41. The molecule has 4 rings (SSSR count). The second kappa shape index (κ2) is 5.60. The number of halogens is 1. The van der Waals surface area contributed by atoms with E-state index in [1.165, 1.54) is 22.8 Å². The van der Waals surface area contributed by atoms with Crippen LogP contribution in [0.2, 0.25) is 0 Å². The summed E-state index contributed by atoms with van der Waals surface area (Å²) >= 11 is 0. The van der Waals surface area contributed by atoms with Gasteiger partial charge in [0.05, 0.1) is 5.39 Å². The van der Waals surface area contributed by atoms with Crippen LogP contribution >= 0.6 is 0 Å². The first-order valence-electron chi connectivity index (χ1n) is 7.85. The fourth-order valence-electron chi connectivity index (χ4n) is 2.88. The van der Waals surface area contributed by atoms with Gasteiger partial charge in [-0.15, -0.1) is 0 Å². The highest BCUT2D eigenvalue weighted by Crippen LogP contribution is 2.35. The monoisotopic (exact) mass is 322 g/mol. The number of hydrogen-bond acceptors (Lipinski definition) is 2. The number of fused-ring (bicyclic) bond motifs is 1. The largest absolute Gasteiger partial charge is 0.321 e. The topological polar surface area (TPSA) is 51.1 Å². The number of hydrogen-bond donors (Lipinski definition) is 1. The molecular weight excluding hydrogens is 307 g/mol. The molecular formula is C19H15FN2O2. The molecule has 24 heavy (non-hydrogen) atoms. The number of nitrogens with zero attached hydrogens (tertiary/aromatic N) is 1. The molecule has 0 unspecified atom stereocenters. The molecule has 1 aliphatic carbocycles. The highest BCUT2D eigenvalue weighted by atomic mass is 19.1. The smallest absolute Gasteiger partial charge is 0.272 e. The van der Waals surface area contributed by atoms with Crippen molar-refractivity contribution in [3.8, 4) is 0 Å². The van der Waals surface area contributed by atoms with Crippen molar-refractivity contribution in [1.29, 1.82) is 0 Å². The predicted octanol–water partition coefficient (Wildman–Crippen LogP) is 3.73. The van der Waals surface area contributed by atoms with E-state index in [0.29, 0.717) is 22.2 Å². The first kappa shape index (κ1) is 14.6. The summed E-state index contributed by atoms with van der Waals surface area (Å²) in [5.41, 5.74) is 0.662. The third kappa shape index (κ3) is 2.58. The summed E-state index contributed by atoms with van der Waals surface area (Å²) in [5, 5.41) is 3.68. The Bertz CT molecular complexity index is 991. The Kier molecular flexibility index (Phi) is 3.41. The number of aromatic nitrogens is 1. The van der Waals surface area contributed by atoms with Gasteiger partial charge < -0.3 is 9.88 Å². The predicted molar refractivity (Wildman–Crippen MR) is 90.8 cm³/mol. The Morgan fingerprint density at radius 3 is 2.54 bits per heavy atom. The molecule has 3 aromatic rings. The van der Waals surface area contributed by atoms with Crippen LogP contribution in [0.15, 0.2) is 59.4 Å². The number of rotatable bonds is 3. The molecule has 1 N–H and O–H groups in total. The van der Waals surface area contributed by atoms with Crippen LogP contribution in [-0.2, 0) is 0 Å². The van der Waals surface area contributed by atoms with Crippen LogP contribution in [0.4, 0.5) is 10.1 Å². The number of anilines is 1. The van der Waals surface area contributed by atoms with E-state index in [4.69, 9.17) is 0 Å². The van der Waals surface area contributed by atoms with Gasteiger partial charge in [-0.05, 0) is 48.6 Å². The fourth-order valence-corrected chi connectivity index (χ4v) is 2.88. The summed E-state index contributed by atoms with van der Waals surface area (Å²) in [6.45, 7) is 0. The lowest BCUT2D eigenvalue weighted by atomic mass is 10.1. The minimum atomic E-state index is -0.455. The molecule has 5 heteroatoms. The molecule has 0 spiro atoms. The lowest BCUT2D eigenvalue weighted by Crippen LogP contribution is -2.28. The first-order valence-corrected chi connectivity index (χ1v) is 7.85. The molecule has 0 radical (unpaired) electrons. The highest BCUT2D eigenvalue weighted by molar-refractivity contribution is 6.05. The second-order valence-electron chi connectivity index (χ2n) is 5.99. The van der Waals surface area contributed by atoms with Crippen molar-refractivity contribution in [2.24, 2.45) is 0 Å². The van der Waals surface area contributed by atoms with Gasteiger partial charge in [-0.3, -0.25) is 9.59 Å². The van der Waals surface area contributed by atoms with E-state index >= 15 is 0 Å². The lowest BCUT2D eigenvalue weighted by molar-refractivity contribution is 0.101. The van der Waals surface area contributed by atoms with E-state index in [-0.39, 0.29) is 17.5 Å². The zero-order valence-electron chi connectivity index (χ0n) is 12.8. The van der Waals surface area contributed by atoms with Crippen LogP contribution in [-0.4, -0.2) is 10.5 Å². The van der Waals surface area contributed by atoms with Crippen molar-refractivity contribution in [2.75, 3.05) is 5.32 Å². The molecule has 4 nitrogen and oxygen atoms in total. The van der Waals surface area contributed by atoms with Crippen LogP contribution in [0.1, 0.15) is 29.4 Å². The van der Waals surface area contributed by atoms with Crippen LogP contribution in [0, 0.1) is 5.82 Å². The first-order chi connectivity index (χ1) is 11.6. The van der Waals surface area contributed by atoms with Gasteiger partial charge in [0.15, 0.2) is 0 Å². The molecule has 0 atom stereocenters. The Morgan fingerprint density at radius 1 is 1.08 bits per heavy atom. The van der Waals surface area contributed by atoms with Crippen molar-refractivity contribution in [3.63, 3.8) is 0 Å². The molecule has 0 bridgehead atoms. The summed E-state index contributed by atoms with van der Waals surface area (Å²) in [6.07, 6.45) is 1.71. The standard InChI is InChI=1S/C19H15FN2O2/c20-13-7-6-12-10-17(18(23)21-14-4-2-1-3-5-14)22(15-8-9-15)19(24)16(12)11-13/h1-7,10-11,15H,8-9H2,(H,21,23). The lowest BCUT2D eigenvalue weighted by Gasteiger charge is -2.14. The zero-order chi connectivity index (χ0) is 16.7. The second-order valence-corrected chi connectivity index (χ2v) is 5.99. The third-order valence-electron chi connectivity index (χ3n) is 4.19. The third-order valence-corrected chi connectivity index (χ3v) is 4.19. The van der Waals surface area contributed by atoms with E-state index in [9.17, 15) is 14.0 Å². The summed E-state index contributed by atoms with van der Waals surface area (Å²) in [7, 11) is 0. The Hall–Kier alpha value is -2.95. The number of pyridine rings is 1. The van der Waals surface area contributed by atoms with Gasteiger partial charge in [-0.25, -0.2) is 4.39 Å². The van der Waals surface area contributed by atoms with Crippen molar-refractivity contribution in [1.82, 2.24) is 4.57 Å². The summed E-state index contributed by atoms with van der Waals surface area (Å²) in [6, 6.07) is 14.8. The van der Waals surface area contributed by atoms with Crippen molar-refractivity contribution >= 4 is 22.4 Å². The van der Waals surface area contributed by atoms with Gasteiger partial charge in [0, 0.05) is 11.7 Å². The van der Waals surface area contributed by atoms with Crippen LogP contribution < -0.4 is 10.9 Å². The molecule has 2 aromatic carbocycles. The molecule has 1 amide bonds. The summed E-state index contributed by atoms with van der Waals surface area (Å²) in [4.78, 5) is 25.4. The van der Waals surface area contributed by atoms with E-state index < -0.39 is 5.82 Å². The molecule has 1 aliphatic rings. The maximum atomic E-state index is 13.5. The number of benzene rings is 2.